The van der Waals surface area contributed by atoms with Crippen LogP contribution in [0, 0.1) is 5.92 Å². The summed E-state index contributed by atoms with van der Waals surface area (Å²) in [5.74, 6) is 1.54. The number of benzene rings is 1. The predicted octanol–water partition coefficient (Wildman–Crippen LogP) is 3.98. The maximum atomic E-state index is 5.22. The Morgan fingerprint density at radius 2 is 2.00 bits per heavy atom. The minimum absolute atomic E-state index is 0.705. The van der Waals surface area contributed by atoms with E-state index in [1.807, 2.05) is 0 Å². The van der Waals surface area contributed by atoms with Crippen molar-refractivity contribution in [2.45, 2.75) is 51.0 Å². The Morgan fingerprint density at radius 3 is 2.70 bits per heavy atom. The van der Waals surface area contributed by atoms with Crippen molar-refractivity contribution >= 4 is 0 Å². The van der Waals surface area contributed by atoms with Gasteiger partial charge in [-0.25, -0.2) is 0 Å². The van der Waals surface area contributed by atoms with Crippen LogP contribution in [-0.2, 0) is 4.74 Å². The number of nitrogens with one attached hydrogen (secondary N) is 1. The molecule has 3 atom stereocenters. The Labute approximate surface area is 123 Å². The van der Waals surface area contributed by atoms with Crippen LogP contribution in [0.1, 0.15) is 50.5 Å². The third-order valence-electron chi connectivity index (χ3n) is 4.64. The quantitative estimate of drug-likeness (QED) is 0.760. The normalized spacial score (nSPS) is 26.6. The molecule has 2 rings (SSSR count). The van der Waals surface area contributed by atoms with E-state index in [1.165, 1.54) is 37.7 Å². The van der Waals surface area contributed by atoms with Gasteiger partial charge in [-0.3, -0.25) is 0 Å². The highest BCUT2D eigenvalue weighted by molar-refractivity contribution is 5.20. The zero-order valence-electron chi connectivity index (χ0n) is 13.0. The standard InChI is InChI=1S/C18H29NO/c1-3-19-18-12-11-16(15-8-5-4-6-9-15)14-17(18)10-7-13-20-2/h4-6,8-9,16-19H,3,7,10-14H2,1-2H3. The zero-order chi connectivity index (χ0) is 14.2. The van der Waals surface area contributed by atoms with Gasteiger partial charge in [0.15, 0.2) is 0 Å². The fourth-order valence-electron chi connectivity index (χ4n) is 3.63. The molecule has 0 radical (unpaired) electrons. The van der Waals surface area contributed by atoms with Crippen molar-refractivity contribution in [1.29, 1.82) is 0 Å². The lowest BCUT2D eigenvalue weighted by atomic mass is 9.73. The topological polar surface area (TPSA) is 21.3 Å². The molecule has 2 heteroatoms. The molecule has 1 aromatic rings. The summed E-state index contributed by atoms with van der Waals surface area (Å²) in [5.41, 5.74) is 1.53. The van der Waals surface area contributed by atoms with Crippen molar-refractivity contribution in [2.24, 2.45) is 5.92 Å². The highest BCUT2D eigenvalue weighted by Gasteiger charge is 2.30. The Morgan fingerprint density at radius 1 is 1.20 bits per heavy atom. The van der Waals surface area contributed by atoms with Gasteiger partial charge in [0.05, 0.1) is 0 Å². The molecule has 0 aromatic heterocycles. The van der Waals surface area contributed by atoms with Crippen molar-refractivity contribution in [1.82, 2.24) is 5.32 Å². The SMILES string of the molecule is CCNC1CCC(c2ccccc2)CC1CCCOC. The second-order valence-corrected chi connectivity index (χ2v) is 5.98. The number of methoxy groups -OCH3 is 1. The number of hydrogen-bond acceptors (Lipinski definition) is 2. The van der Waals surface area contributed by atoms with E-state index < -0.39 is 0 Å². The van der Waals surface area contributed by atoms with E-state index in [9.17, 15) is 0 Å². The van der Waals surface area contributed by atoms with Gasteiger partial charge < -0.3 is 10.1 Å². The summed E-state index contributed by atoms with van der Waals surface area (Å²) in [6, 6.07) is 11.8. The van der Waals surface area contributed by atoms with E-state index in [2.05, 4.69) is 42.6 Å². The van der Waals surface area contributed by atoms with Crippen LogP contribution in [0.25, 0.3) is 0 Å². The van der Waals surface area contributed by atoms with Gasteiger partial charge >= 0.3 is 0 Å². The second-order valence-electron chi connectivity index (χ2n) is 5.98. The molecule has 0 aliphatic heterocycles. The van der Waals surface area contributed by atoms with Gasteiger partial charge in [0.2, 0.25) is 0 Å². The van der Waals surface area contributed by atoms with Crippen molar-refractivity contribution in [2.75, 3.05) is 20.3 Å². The lowest BCUT2D eigenvalue weighted by Gasteiger charge is -2.37. The van der Waals surface area contributed by atoms with Crippen LogP contribution >= 0.6 is 0 Å². The van der Waals surface area contributed by atoms with Crippen molar-refractivity contribution in [3.05, 3.63) is 35.9 Å². The number of hydrogen-bond donors (Lipinski definition) is 1. The van der Waals surface area contributed by atoms with Crippen LogP contribution in [0.5, 0.6) is 0 Å². The third kappa shape index (κ3) is 4.32. The van der Waals surface area contributed by atoms with Crippen LogP contribution in [0.3, 0.4) is 0 Å². The fraction of sp³-hybridized carbons (Fsp3) is 0.667. The van der Waals surface area contributed by atoms with Gasteiger partial charge in [0.1, 0.15) is 0 Å². The van der Waals surface area contributed by atoms with Crippen molar-refractivity contribution in [3.8, 4) is 0 Å². The molecule has 1 aliphatic rings. The summed E-state index contributed by atoms with van der Waals surface area (Å²) in [5, 5.41) is 3.69. The van der Waals surface area contributed by atoms with Gasteiger partial charge in [-0.1, -0.05) is 37.3 Å². The van der Waals surface area contributed by atoms with Crippen molar-refractivity contribution < 1.29 is 4.74 Å². The molecule has 3 unspecified atom stereocenters. The lowest BCUT2D eigenvalue weighted by Crippen LogP contribution is -2.40. The van der Waals surface area contributed by atoms with Crippen LogP contribution in [0.2, 0.25) is 0 Å². The van der Waals surface area contributed by atoms with E-state index in [0.29, 0.717) is 6.04 Å². The van der Waals surface area contributed by atoms with E-state index in [1.54, 1.807) is 7.11 Å². The van der Waals surface area contributed by atoms with E-state index >= 15 is 0 Å². The summed E-state index contributed by atoms with van der Waals surface area (Å²) >= 11 is 0. The van der Waals surface area contributed by atoms with Gasteiger partial charge in [-0.15, -0.1) is 0 Å². The molecule has 112 valence electrons. The monoisotopic (exact) mass is 275 g/mol. The molecule has 0 bridgehead atoms. The molecule has 20 heavy (non-hydrogen) atoms. The average Bonchev–Trinajstić information content (AvgIpc) is 2.50. The number of ether oxygens (including phenoxy) is 1. The minimum atomic E-state index is 0.705. The average molecular weight is 275 g/mol. The lowest BCUT2D eigenvalue weighted by molar-refractivity contribution is 0.167. The van der Waals surface area contributed by atoms with Crippen molar-refractivity contribution in [3.63, 3.8) is 0 Å². The van der Waals surface area contributed by atoms with E-state index in [0.717, 1.165) is 25.0 Å². The molecule has 1 fully saturated rings. The first kappa shape index (κ1) is 15.5. The third-order valence-corrected chi connectivity index (χ3v) is 4.64. The van der Waals surface area contributed by atoms with Gasteiger partial charge in [0, 0.05) is 19.8 Å². The first-order chi connectivity index (χ1) is 9.85. The molecule has 1 N–H and O–H groups in total. The first-order valence-corrected chi connectivity index (χ1v) is 8.12. The molecule has 0 saturated heterocycles. The molecule has 0 spiro atoms. The van der Waals surface area contributed by atoms with Crippen LogP contribution in [0.4, 0.5) is 0 Å². The van der Waals surface area contributed by atoms with Gasteiger partial charge in [-0.05, 0) is 56.0 Å². The molecular formula is C18H29NO. The van der Waals surface area contributed by atoms with Gasteiger partial charge in [0.25, 0.3) is 0 Å². The Hall–Kier alpha value is -0.860. The summed E-state index contributed by atoms with van der Waals surface area (Å²) in [4.78, 5) is 0. The predicted molar refractivity (Wildman–Crippen MR) is 85.1 cm³/mol. The molecule has 1 saturated carbocycles. The highest BCUT2D eigenvalue weighted by Crippen LogP contribution is 2.38. The van der Waals surface area contributed by atoms with E-state index in [-0.39, 0.29) is 0 Å². The first-order valence-electron chi connectivity index (χ1n) is 8.12. The summed E-state index contributed by atoms with van der Waals surface area (Å²) in [6.45, 7) is 4.20. The molecule has 1 aromatic carbocycles. The second kappa shape index (κ2) is 8.43. The van der Waals surface area contributed by atoms with E-state index in [4.69, 9.17) is 4.74 Å². The smallest absolute Gasteiger partial charge is 0.0462 e. The molecule has 0 amide bonds. The number of rotatable bonds is 7. The van der Waals surface area contributed by atoms with Gasteiger partial charge in [-0.2, -0.15) is 0 Å². The fourth-order valence-corrected chi connectivity index (χ4v) is 3.63. The molecule has 0 heterocycles. The van der Waals surface area contributed by atoms with Crippen LogP contribution in [0.15, 0.2) is 30.3 Å². The minimum Gasteiger partial charge on any atom is -0.385 e. The molecular weight excluding hydrogens is 246 g/mol. The maximum absolute atomic E-state index is 5.22. The largest absolute Gasteiger partial charge is 0.385 e. The Balaban J connectivity index is 1.95. The Kier molecular flexibility index (Phi) is 6.55. The van der Waals surface area contributed by atoms with Crippen LogP contribution < -0.4 is 5.32 Å². The summed E-state index contributed by atoms with van der Waals surface area (Å²) in [7, 11) is 1.80. The molecule has 1 aliphatic carbocycles. The summed E-state index contributed by atoms with van der Waals surface area (Å²) < 4.78 is 5.22. The molecule has 2 nitrogen and oxygen atoms in total. The highest BCUT2D eigenvalue weighted by atomic mass is 16.5. The zero-order valence-corrected chi connectivity index (χ0v) is 13.0. The Bertz CT molecular complexity index is 365. The van der Waals surface area contributed by atoms with Crippen LogP contribution in [-0.4, -0.2) is 26.3 Å². The maximum Gasteiger partial charge on any atom is 0.0462 e. The summed E-state index contributed by atoms with van der Waals surface area (Å²) in [6.07, 6.45) is 6.43.